The minimum atomic E-state index is -5.24. The van der Waals surface area contributed by atoms with E-state index in [2.05, 4.69) is 11.7 Å². The molecule has 2 aromatic carbocycles. The van der Waals surface area contributed by atoms with Crippen LogP contribution in [0.2, 0.25) is 0 Å². The van der Waals surface area contributed by atoms with Crippen molar-refractivity contribution >= 4 is 6.08 Å². The smallest absolute Gasteiger partial charge is 0.399 e. The maximum Gasteiger partial charge on any atom is 0.573 e. The molecule has 2 aromatic rings. The van der Waals surface area contributed by atoms with Crippen LogP contribution in [0.15, 0.2) is 29.8 Å². The molecule has 1 nitrogen and oxygen atoms in total. The molecule has 168 valence electrons. The Morgan fingerprint density at radius 1 is 0.839 bits per heavy atom. The van der Waals surface area contributed by atoms with Crippen molar-refractivity contribution < 1.29 is 31.1 Å². The van der Waals surface area contributed by atoms with E-state index >= 15 is 0 Å². The third kappa shape index (κ3) is 6.05. The van der Waals surface area contributed by atoms with Gasteiger partial charge in [0.05, 0.1) is 0 Å². The summed E-state index contributed by atoms with van der Waals surface area (Å²) >= 11 is 0. The maximum atomic E-state index is 14.7. The number of hydrogen-bond acceptors (Lipinski definition) is 1. The van der Waals surface area contributed by atoms with Crippen LogP contribution in [0.25, 0.3) is 17.2 Å². The second kappa shape index (κ2) is 9.79. The van der Waals surface area contributed by atoms with Crippen molar-refractivity contribution in [1.82, 2.24) is 0 Å². The fourth-order valence-corrected chi connectivity index (χ4v) is 3.87. The van der Waals surface area contributed by atoms with E-state index in [1.807, 2.05) is 6.08 Å². The highest BCUT2D eigenvalue weighted by Crippen LogP contribution is 2.36. The molecule has 0 amide bonds. The van der Waals surface area contributed by atoms with Crippen LogP contribution in [0.1, 0.15) is 63.0 Å². The topological polar surface area (TPSA) is 9.23 Å². The van der Waals surface area contributed by atoms with Gasteiger partial charge in [-0.3, -0.25) is 0 Å². The van der Waals surface area contributed by atoms with E-state index in [1.54, 1.807) is 0 Å². The SMILES string of the molecule is CCCCCCCC1=Cc2cc(F)c(-c3cc(F)c(OC(F)(F)F)c(F)c3)cc2CC1. The lowest BCUT2D eigenvalue weighted by molar-refractivity contribution is -0.276. The van der Waals surface area contributed by atoms with Gasteiger partial charge in [-0.15, -0.1) is 13.2 Å². The largest absolute Gasteiger partial charge is 0.573 e. The van der Waals surface area contributed by atoms with E-state index in [4.69, 9.17) is 0 Å². The van der Waals surface area contributed by atoms with E-state index in [9.17, 15) is 26.3 Å². The van der Waals surface area contributed by atoms with Gasteiger partial charge in [0.1, 0.15) is 5.82 Å². The number of benzene rings is 2. The summed E-state index contributed by atoms with van der Waals surface area (Å²) in [4.78, 5) is 0. The van der Waals surface area contributed by atoms with Crippen LogP contribution in [-0.4, -0.2) is 6.36 Å². The molecular weight excluding hydrogens is 418 g/mol. The highest BCUT2D eigenvalue weighted by atomic mass is 19.4. The Balaban J connectivity index is 1.81. The van der Waals surface area contributed by atoms with E-state index in [0.717, 1.165) is 36.8 Å². The van der Waals surface area contributed by atoms with Crippen LogP contribution in [0.4, 0.5) is 26.3 Å². The van der Waals surface area contributed by atoms with E-state index in [0.29, 0.717) is 18.6 Å². The average Bonchev–Trinajstić information content (AvgIpc) is 2.69. The molecule has 0 fully saturated rings. The van der Waals surface area contributed by atoms with Gasteiger partial charge in [-0.25, -0.2) is 13.2 Å². The van der Waals surface area contributed by atoms with Crippen LogP contribution in [0.5, 0.6) is 5.75 Å². The molecule has 1 aliphatic carbocycles. The van der Waals surface area contributed by atoms with E-state index < -0.39 is 29.6 Å². The lowest BCUT2D eigenvalue weighted by Crippen LogP contribution is -2.19. The Morgan fingerprint density at radius 3 is 2.16 bits per heavy atom. The predicted molar refractivity (Wildman–Crippen MR) is 108 cm³/mol. The summed E-state index contributed by atoms with van der Waals surface area (Å²) < 4.78 is 83.2. The summed E-state index contributed by atoms with van der Waals surface area (Å²) in [5, 5.41) is 0. The maximum absolute atomic E-state index is 14.7. The summed E-state index contributed by atoms with van der Waals surface area (Å²) in [6.07, 6.45) is 5.05. The van der Waals surface area contributed by atoms with Crippen LogP contribution in [-0.2, 0) is 6.42 Å². The summed E-state index contributed by atoms with van der Waals surface area (Å²) in [7, 11) is 0. The highest BCUT2D eigenvalue weighted by Gasteiger charge is 2.34. The molecule has 0 spiro atoms. The van der Waals surface area contributed by atoms with Gasteiger partial charge >= 0.3 is 6.36 Å². The minimum absolute atomic E-state index is 0.0634. The van der Waals surface area contributed by atoms with Crippen LogP contribution >= 0.6 is 0 Å². The van der Waals surface area contributed by atoms with Gasteiger partial charge in [0.2, 0.25) is 5.75 Å². The van der Waals surface area contributed by atoms with Gasteiger partial charge in [-0.1, -0.05) is 44.3 Å². The Hall–Kier alpha value is -2.44. The first kappa shape index (κ1) is 23.2. The molecule has 1 aliphatic rings. The molecule has 0 N–H and O–H groups in total. The Labute approximate surface area is 177 Å². The number of allylic oxidation sites excluding steroid dienone is 1. The molecule has 0 saturated carbocycles. The van der Waals surface area contributed by atoms with Gasteiger partial charge in [-0.05, 0) is 66.6 Å². The summed E-state index contributed by atoms with van der Waals surface area (Å²) in [6.45, 7) is 2.16. The highest BCUT2D eigenvalue weighted by molar-refractivity contribution is 5.71. The number of halogens is 6. The van der Waals surface area contributed by atoms with Crippen molar-refractivity contribution in [3.05, 3.63) is 58.4 Å². The molecule has 0 bridgehead atoms. The Morgan fingerprint density at radius 2 is 1.52 bits per heavy atom. The van der Waals surface area contributed by atoms with Gasteiger partial charge in [-0.2, -0.15) is 0 Å². The van der Waals surface area contributed by atoms with E-state index in [-0.39, 0.29) is 11.1 Å². The van der Waals surface area contributed by atoms with Crippen molar-refractivity contribution in [2.24, 2.45) is 0 Å². The van der Waals surface area contributed by atoms with E-state index in [1.165, 1.54) is 37.0 Å². The van der Waals surface area contributed by atoms with Gasteiger partial charge in [0.15, 0.2) is 11.6 Å². The molecule has 0 heterocycles. The number of ether oxygens (including phenoxy) is 1. The zero-order valence-corrected chi connectivity index (χ0v) is 17.2. The number of hydrogen-bond donors (Lipinski definition) is 0. The fourth-order valence-electron chi connectivity index (χ4n) is 3.87. The molecule has 7 heteroatoms. The molecule has 0 unspecified atom stereocenters. The number of alkyl halides is 3. The van der Waals surface area contributed by atoms with Gasteiger partial charge < -0.3 is 4.74 Å². The number of rotatable bonds is 8. The average molecular weight is 442 g/mol. The molecular formula is C24H24F6O. The molecule has 0 radical (unpaired) electrons. The second-order valence-corrected chi connectivity index (χ2v) is 7.81. The quantitative estimate of drug-likeness (QED) is 0.295. The van der Waals surface area contributed by atoms with Crippen molar-refractivity contribution in [2.45, 2.75) is 64.7 Å². The van der Waals surface area contributed by atoms with Gasteiger partial charge in [0, 0.05) is 5.56 Å². The third-order valence-corrected chi connectivity index (χ3v) is 5.43. The zero-order valence-electron chi connectivity index (χ0n) is 17.2. The van der Waals surface area contributed by atoms with Crippen molar-refractivity contribution in [2.75, 3.05) is 0 Å². The minimum Gasteiger partial charge on any atom is -0.399 e. The van der Waals surface area contributed by atoms with Gasteiger partial charge in [0.25, 0.3) is 0 Å². The summed E-state index contributed by atoms with van der Waals surface area (Å²) in [5.41, 5.74) is 2.57. The van der Waals surface area contributed by atoms with Crippen molar-refractivity contribution in [1.29, 1.82) is 0 Å². The normalized spacial score (nSPS) is 13.7. The summed E-state index contributed by atoms with van der Waals surface area (Å²) in [6, 6.07) is 4.12. The first-order chi connectivity index (χ1) is 14.7. The first-order valence-corrected chi connectivity index (χ1v) is 10.4. The lowest BCUT2D eigenvalue weighted by Gasteiger charge is -2.19. The molecule has 0 atom stereocenters. The molecule has 0 saturated heterocycles. The van der Waals surface area contributed by atoms with Crippen LogP contribution in [0, 0.1) is 17.5 Å². The van der Waals surface area contributed by atoms with Crippen molar-refractivity contribution in [3.63, 3.8) is 0 Å². The standard InChI is InChI=1S/C24H24F6O/c1-2-3-4-5-6-7-15-8-9-16-11-19(20(25)12-17(16)10-15)18-13-21(26)23(22(27)14-18)31-24(28,29)30/h10-14H,2-9H2,1H3. The van der Waals surface area contributed by atoms with Crippen LogP contribution in [0.3, 0.4) is 0 Å². The molecule has 3 rings (SSSR count). The monoisotopic (exact) mass is 442 g/mol. The third-order valence-electron chi connectivity index (χ3n) is 5.43. The lowest BCUT2D eigenvalue weighted by atomic mass is 9.87. The number of aryl methyl sites for hydroxylation is 1. The fraction of sp³-hybridized carbons (Fsp3) is 0.417. The first-order valence-electron chi connectivity index (χ1n) is 10.4. The predicted octanol–water partition coefficient (Wildman–Crippen LogP) is 8.36. The number of fused-ring (bicyclic) bond motifs is 1. The zero-order chi connectivity index (χ0) is 22.6. The molecule has 0 aromatic heterocycles. The Bertz CT molecular complexity index is 938. The van der Waals surface area contributed by atoms with Crippen molar-refractivity contribution in [3.8, 4) is 16.9 Å². The number of unbranched alkanes of at least 4 members (excludes halogenated alkanes) is 4. The van der Waals surface area contributed by atoms with Crippen LogP contribution < -0.4 is 4.74 Å². The summed E-state index contributed by atoms with van der Waals surface area (Å²) in [5.74, 6) is -5.34. The second-order valence-electron chi connectivity index (χ2n) is 7.81. The molecule has 31 heavy (non-hydrogen) atoms. The molecule has 0 aliphatic heterocycles. The Kier molecular flexibility index (Phi) is 7.34.